The number of nitrogens with one attached hydrogen (secondary N) is 1. The maximum absolute atomic E-state index is 13.6. The van der Waals surface area contributed by atoms with Crippen molar-refractivity contribution < 1.29 is 13.9 Å². The molecule has 100 valence electrons. The van der Waals surface area contributed by atoms with Crippen molar-refractivity contribution in [2.75, 3.05) is 6.61 Å². The van der Waals surface area contributed by atoms with Crippen LogP contribution in [0, 0.1) is 5.82 Å². The molecule has 0 bridgehead atoms. The van der Waals surface area contributed by atoms with Gasteiger partial charge in [-0.1, -0.05) is 23.2 Å². The van der Waals surface area contributed by atoms with Crippen molar-refractivity contribution in [3.05, 3.63) is 43.9 Å². The Morgan fingerprint density at radius 2 is 2.16 bits per heavy atom. The van der Waals surface area contributed by atoms with Crippen molar-refractivity contribution in [1.82, 2.24) is 4.98 Å². The lowest BCUT2D eigenvalue weighted by molar-refractivity contribution is 0.0524. The number of aromatic amines is 1. The molecule has 0 aliphatic rings. The number of hydrogen-bond donors (Lipinski definition) is 1. The lowest BCUT2D eigenvalue weighted by Gasteiger charge is -2.06. The van der Waals surface area contributed by atoms with Gasteiger partial charge >= 0.3 is 5.97 Å². The van der Waals surface area contributed by atoms with Gasteiger partial charge in [-0.3, -0.25) is 4.79 Å². The summed E-state index contributed by atoms with van der Waals surface area (Å²) in [6.07, 6.45) is 1.19. The molecule has 0 spiro atoms. The van der Waals surface area contributed by atoms with E-state index in [2.05, 4.69) is 4.98 Å². The van der Waals surface area contributed by atoms with E-state index in [1.54, 1.807) is 6.92 Å². The Labute approximate surface area is 117 Å². The number of pyridine rings is 1. The molecule has 0 fully saturated rings. The zero-order valence-corrected chi connectivity index (χ0v) is 11.2. The Balaban J connectivity index is 2.78. The topological polar surface area (TPSA) is 59.2 Å². The van der Waals surface area contributed by atoms with E-state index in [4.69, 9.17) is 27.9 Å². The molecular formula is C12H8Cl2FNO3. The highest BCUT2D eigenvalue weighted by Gasteiger charge is 2.19. The first-order valence-corrected chi connectivity index (χ1v) is 6.09. The van der Waals surface area contributed by atoms with Gasteiger partial charge in [-0.2, -0.15) is 0 Å². The quantitative estimate of drug-likeness (QED) is 0.685. The summed E-state index contributed by atoms with van der Waals surface area (Å²) in [5.41, 5.74) is -0.694. The highest BCUT2D eigenvalue weighted by molar-refractivity contribution is 6.38. The smallest absolute Gasteiger partial charge is 0.343 e. The van der Waals surface area contributed by atoms with E-state index >= 15 is 0 Å². The molecule has 19 heavy (non-hydrogen) atoms. The van der Waals surface area contributed by atoms with Crippen LogP contribution in [-0.2, 0) is 4.74 Å². The number of benzene rings is 1. The summed E-state index contributed by atoms with van der Waals surface area (Å²) in [5, 5.41) is -0.763. The maximum Gasteiger partial charge on any atom is 0.343 e. The number of fused-ring (bicyclic) bond motifs is 1. The van der Waals surface area contributed by atoms with Crippen LogP contribution in [0.15, 0.2) is 17.1 Å². The highest BCUT2D eigenvalue weighted by Crippen LogP contribution is 2.29. The van der Waals surface area contributed by atoms with Crippen LogP contribution < -0.4 is 5.43 Å². The highest BCUT2D eigenvalue weighted by atomic mass is 35.5. The first-order chi connectivity index (χ1) is 8.97. The van der Waals surface area contributed by atoms with Crippen LogP contribution >= 0.6 is 23.2 Å². The fourth-order valence-corrected chi connectivity index (χ4v) is 2.18. The van der Waals surface area contributed by atoms with E-state index < -0.39 is 22.2 Å². The number of aromatic nitrogens is 1. The Bertz CT molecular complexity index is 727. The lowest BCUT2D eigenvalue weighted by atomic mass is 10.1. The number of hydrogen-bond acceptors (Lipinski definition) is 3. The monoisotopic (exact) mass is 303 g/mol. The number of H-pyrrole nitrogens is 1. The predicted molar refractivity (Wildman–Crippen MR) is 70.5 cm³/mol. The molecule has 4 nitrogen and oxygen atoms in total. The van der Waals surface area contributed by atoms with Crippen molar-refractivity contribution in [3.8, 4) is 0 Å². The minimum Gasteiger partial charge on any atom is -0.462 e. The Morgan fingerprint density at radius 3 is 2.79 bits per heavy atom. The first-order valence-electron chi connectivity index (χ1n) is 5.33. The third-order valence-corrected chi connectivity index (χ3v) is 3.13. The van der Waals surface area contributed by atoms with Crippen LogP contribution in [0.3, 0.4) is 0 Å². The average molecular weight is 304 g/mol. The number of halogens is 3. The van der Waals surface area contributed by atoms with Crippen molar-refractivity contribution in [1.29, 1.82) is 0 Å². The standard InChI is InChI=1S/C12H8Cl2FNO3/c1-2-19-12(18)5-4-16-7-3-6(13)10(15)9(14)8(7)11(5)17/h3-4H,2H2,1H3,(H,16,17). The molecule has 2 rings (SSSR count). The minimum absolute atomic E-state index is 0.124. The third kappa shape index (κ3) is 2.31. The average Bonchev–Trinajstić information content (AvgIpc) is 2.36. The molecule has 0 saturated heterocycles. The summed E-state index contributed by atoms with van der Waals surface area (Å²) in [4.78, 5) is 26.4. The van der Waals surface area contributed by atoms with Crippen molar-refractivity contribution >= 4 is 40.1 Å². The van der Waals surface area contributed by atoms with Gasteiger partial charge < -0.3 is 9.72 Å². The largest absolute Gasteiger partial charge is 0.462 e. The van der Waals surface area contributed by atoms with E-state index in [1.165, 1.54) is 12.3 Å². The molecule has 0 aliphatic heterocycles. The van der Waals surface area contributed by atoms with Gasteiger partial charge in [0.25, 0.3) is 0 Å². The molecule has 0 aliphatic carbocycles. The zero-order chi connectivity index (χ0) is 14.2. The van der Waals surface area contributed by atoms with Gasteiger partial charge in [-0.05, 0) is 13.0 Å². The molecular weight excluding hydrogens is 296 g/mol. The molecule has 1 heterocycles. The first kappa shape index (κ1) is 13.8. The predicted octanol–water partition coefficient (Wildman–Crippen LogP) is 3.15. The van der Waals surface area contributed by atoms with Crippen LogP contribution in [0.1, 0.15) is 17.3 Å². The molecule has 7 heteroatoms. The maximum atomic E-state index is 13.6. The summed E-state index contributed by atoms with van der Waals surface area (Å²) in [6.45, 7) is 1.73. The second kappa shape index (κ2) is 5.19. The second-order valence-electron chi connectivity index (χ2n) is 3.66. The van der Waals surface area contributed by atoms with Crippen LogP contribution in [-0.4, -0.2) is 17.6 Å². The zero-order valence-electron chi connectivity index (χ0n) is 9.72. The Hall–Kier alpha value is -1.59. The normalized spacial score (nSPS) is 10.7. The van der Waals surface area contributed by atoms with E-state index in [-0.39, 0.29) is 28.1 Å². The fraction of sp³-hybridized carbons (Fsp3) is 0.167. The van der Waals surface area contributed by atoms with Crippen LogP contribution in [0.4, 0.5) is 4.39 Å². The fourth-order valence-electron chi connectivity index (χ4n) is 1.64. The SMILES string of the molecule is CCOC(=O)c1c[nH]c2cc(Cl)c(F)c(Cl)c2c1=O. The van der Waals surface area contributed by atoms with Crippen molar-refractivity contribution in [3.63, 3.8) is 0 Å². The van der Waals surface area contributed by atoms with Gasteiger partial charge in [0.1, 0.15) is 5.56 Å². The molecule has 1 N–H and O–H groups in total. The summed E-state index contributed by atoms with van der Waals surface area (Å²) in [5.74, 6) is -1.69. The molecule has 1 aromatic heterocycles. The summed E-state index contributed by atoms with van der Waals surface area (Å²) in [7, 11) is 0. The molecule has 0 radical (unpaired) electrons. The molecule has 2 aromatic rings. The van der Waals surface area contributed by atoms with Gasteiger partial charge in [0.2, 0.25) is 5.43 Å². The van der Waals surface area contributed by atoms with Crippen LogP contribution in [0.2, 0.25) is 10.0 Å². The number of carbonyl (C=O) groups excluding carboxylic acids is 1. The van der Waals surface area contributed by atoms with Gasteiger partial charge in [-0.15, -0.1) is 0 Å². The van der Waals surface area contributed by atoms with Crippen LogP contribution in [0.5, 0.6) is 0 Å². The Kier molecular flexibility index (Phi) is 3.78. The molecule has 0 amide bonds. The summed E-state index contributed by atoms with van der Waals surface area (Å²) >= 11 is 11.4. The van der Waals surface area contributed by atoms with E-state index in [0.717, 1.165) is 0 Å². The van der Waals surface area contributed by atoms with Gasteiger partial charge in [0, 0.05) is 6.20 Å². The van der Waals surface area contributed by atoms with Crippen molar-refractivity contribution in [2.45, 2.75) is 6.92 Å². The lowest BCUT2D eigenvalue weighted by Crippen LogP contribution is -2.18. The van der Waals surface area contributed by atoms with Crippen molar-refractivity contribution in [2.24, 2.45) is 0 Å². The Morgan fingerprint density at radius 1 is 1.47 bits per heavy atom. The molecule has 0 unspecified atom stereocenters. The summed E-state index contributed by atoms with van der Waals surface area (Å²) in [6, 6.07) is 1.23. The van der Waals surface area contributed by atoms with Gasteiger partial charge in [0.05, 0.1) is 27.6 Å². The molecule has 0 atom stereocenters. The van der Waals surface area contributed by atoms with Gasteiger partial charge in [-0.25, -0.2) is 9.18 Å². The van der Waals surface area contributed by atoms with E-state index in [0.29, 0.717) is 0 Å². The van der Waals surface area contributed by atoms with E-state index in [9.17, 15) is 14.0 Å². The van der Waals surface area contributed by atoms with Crippen LogP contribution in [0.25, 0.3) is 10.9 Å². The molecule has 0 saturated carbocycles. The number of ether oxygens (including phenoxy) is 1. The minimum atomic E-state index is -0.901. The number of rotatable bonds is 2. The van der Waals surface area contributed by atoms with E-state index in [1.807, 2.05) is 0 Å². The van der Waals surface area contributed by atoms with Gasteiger partial charge in [0.15, 0.2) is 5.82 Å². The number of carbonyl (C=O) groups is 1. The number of esters is 1. The molecule has 1 aromatic carbocycles. The second-order valence-corrected chi connectivity index (χ2v) is 4.45. The summed E-state index contributed by atoms with van der Waals surface area (Å²) < 4.78 is 18.3. The third-order valence-electron chi connectivity index (χ3n) is 2.50.